The quantitative estimate of drug-likeness (QED) is 0.502. The summed E-state index contributed by atoms with van der Waals surface area (Å²) in [5.41, 5.74) is 2.11. The Hall–Kier alpha value is -1.68. The lowest BCUT2D eigenvalue weighted by Crippen LogP contribution is -2.30. The van der Waals surface area contributed by atoms with E-state index in [0.29, 0.717) is 5.56 Å². The van der Waals surface area contributed by atoms with E-state index < -0.39 is 15.5 Å². The van der Waals surface area contributed by atoms with Gasteiger partial charge >= 0.3 is 5.97 Å². The van der Waals surface area contributed by atoms with Gasteiger partial charge in [-0.2, -0.15) is 0 Å². The van der Waals surface area contributed by atoms with Gasteiger partial charge in [0.15, 0.2) is 5.78 Å². The summed E-state index contributed by atoms with van der Waals surface area (Å²) in [5, 5.41) is 9.80. The third kappa shape index (κ3) is 1.29. The molecule has 0 saturated carbocycles. The van der Waals surface area contributed by atoms with Gasteiger partial charge in [-0.15, -0.1) is 0 Å². The molecule has 0 amide bonds. The maximum Gasteiger partial charge on any atom is 0.338 e. The van der Waals surface area contributed by atoms with Gasteiger partial charge in [0.05, 0.1) is 15.1 Å². The highest BCUT2D eigenvalue weighted by atomic mass is 28.2. The second-order valence-electron chi connectivity index (χ2n) is 3.11. The third-order valence-electron chi connectivity index (χ3n) is 2.26. The number of carboxylic acid groups (broad SMARTS) is 1. The highest BCUT2D eigenvalue weighted by Crippen LogP contribution is 2.10. The van der Waals surface area contributed by atoms with Gasteiger partial charge in [-0.25, -0.2) is 4.79 Å². The molecular weight excluding hydrogens is 196 g/mol. The molecule has 0 spiro atoms. The van der Waals surface area contributed by atoms with Crippen molar-refractivity contribution in [2.75, 3.05) is 0 Å². The Morgan fingerprint density at radius 1 is 1.29 bits per heavy atom. The summed E-state index contributed by atoms with van der Waals surface area (Å²) in [4.78, 5) is 22.3. The maximum absolute atomic E-state index is 11.6. The number of hydrogen-bond donors (Lipinski definition) is 1. The summed E-state index contributed by atoms with van der Waals surface area (Å²) < 4.78 is 0. The minimum Gasteiger partial charge on any atom is -0.478 e. The molecule has 0 unspecified atom stereocenters. The van der Waals surface area contributed by atoms with Gasteiger partial charge in [-0.1, -0.05) is 35.2 Å². The van der Waals surface area contributed by atoms with Gasteiger partial charge in [0.25, 0.3) is 0 Å². The third-order valence-corrected chi connectivity index (χ3v) is 3.93. The molecule has 1 heterocycles. The number of fused-ring (bicyclic) bond motifs is 1. The molecular formula is C10H8O3Si. The van der Waals surface area contributed by atoms with E-state index in [4.69, 9.17) is 5.11 Å². The topological polar surface area (TPSA) is 54.4 Å². The lowest BCUT2D eigenvalue weighted by Gasteiger charge is -2.12. The van der Waals surface area contributed by atoms with Crippen LogP contribution < -0.4 is 5.19 Å². The van der Waals surface area contributed by atoms with Crippen LogP contribution in [-0.2, 0) is 4.79 Å². The van der Waals surface area contributed by atoms with Crippen LogP contribution >= 0.6 is 0 Å². The monoisotopic (exact) mass is 204 g/mol. The highest BCUT2D eigenvalue weighted by Gasteiger charge is 2.24. The average molecular weight is 204 g/mol. The van der Waals surface area contributed by atoms with Crippen molar-refractivity contribution in [3.05, 3.63) is 41.1 Å². The molecule has 14 heavy (non-hydrogen) atoms. The van der Waals surface area contributed by atoms with Crippen molar-refractivity contribution < 1.29 is 14.7 Å². The summed E-state index contributed by atoms with van der Waals surface area (Å²) in [7, 11) is -0.729. The fourth-order valence-corrected chi connectivity index (χ4v) is 3.11. The number of rotatable bonds is 1. The summed E-state index contributed by atoms with van der Waals surface area (Å²) in [6.45, 7) is 0. The van der Waals surface area contributed by atoms with Crippen molar-refractivity contribution in [1.29, 1.82) is 0 Å². The van der Waals surface area contributed by atoms with E-state index in [1.807, 2.05) is 12.1 Å². The molecule has 1 aliphatic rings. The number of carboxylic acids is 1. The maximum atomic E-state index is 11.6. The number of Topliss-reactive ketones (excluding diaryl/α,β-unsaturated/α-hetero) is 1. The van der Waals surface area contributed by atoms with Crippen LogP contribution in [0.25, 0.3) is 0 Å². The first-order valence-electron chi connectivity index (χ1n) is 4.26. The van der Waals surface area contributed by atoms with Crippen LogP contribution in [0, 0.1) is 0 Å². The van der Waals surface area contributed by atoms with E-state index in [9.17, 15) is 9.59 Å². The van der Waals surface area contributed by atoms with Crippen LogP contribution in [-0.4, -0.2) is 26.4 Å². The average Bonchev–Trinajstić information content (AvgIpc) is 2.18. The molecule has 1 aromatic rings. The van der Waals surface area contributed by atoms with E-state index >= 15 is 0 Å². The summed E-state index contributed by atoms with van der Waals surface area (Å²) >= 11 is 0. The molecule has 1 aromatic carbocycles. The van der Waals surface area contributed by atoms with Crippen molar-refractivity contribution in [1.82, 2.24) is 0 Å². The molecule has 70 valence electrons. The standard InChI is InChI=1S/C10H8O3Si/c11-9-6-3-1-2-4-8(6)14-5-7(9)10(12)13/h1-5H,14H2,(H,12,13). The fraction of sp³-hybridized carbons (Fsp3) is 0. The van der Waals surface area contributed by atoms with Gasteiger partial charge in [0, 0.05) is 5.56 Å². The van der Waals surface area contributed by atoms with Crippen molar-refractivity contribution in [3.8, 4) is 0 Å². The first kappa shape index (κ1) is 8.90. The predicted molar refractivity (Wildman–Crippen MR) is 54.7 cm³/mol. The molecule has 0 radical (unpaired) electrons. The molecule has 4 heteroatoms. The Morgan fingerprint density at radius 3 is 2.71 bits per heavy atom. The molecule has 2 rings (SSSR count). The SMILES string of the molecule is O=C(O)C1=C[SiH2]c2ccccc2C1=O. The van der Waals surface area contributed by atoms with E-state index in [2.05, 4.69) is 0 Å². The van der Waals surface area contributed by atoms with Crippen LogP contribution in [0.5, 0.6) is 0 Å². The lowest BCUT2D eigenvalue weighted by atomic mass is 10.0. The highest BCUT2D eigenvalue weighted by molar-refractivity contribution is 6.64. The number of hydrogen-bond acceptors (Lipinski definition) is 2. The second kappa shape index (κ2) is 3.23. The van der Waals surface area contributed by atoms with Gasteiger partial charge < -0.3 is 5.11 Å². The van der Waals surface area contributed by atoms with Gasteiger partial charge in [-0.3, -0.25) is 4.79 Å². The van der Waals surface area contributed by atoms with E-state index in [1.54, 1.807) is 17.8 Å². The Balaban J connectivity index is 2.50. The Bertz CT molecular complexity index is 448. The lowest BCUT2D eigenvalue weighted by molar-refractivity contribution is -0.132. The van der Waals surface area contributed by atoms with Crippen LogP contribution in [0.3, 0.4) is 0 Å². The minimum absolute atomic E-state index is 0.0598. The summed E-state index contributed by atoms with van der Waals surface area (Å²) in [5.74, 6) is -1.47. The minimum atomic E-state index is -1.11. The first-order valence-corrected chi connectivity index (χ1v) is 5.78. The van der Waals surface area contributed by atoms with Crippen molar-refractivity contribution >= 4 is 26.5 Å². The predicted octanol–water partition coefficient (Wildman–Crippen LogP) is -0.355. The molecule has 0 fully saturated rings. The zero-order chi connectivity index (χ0) is 10.1. The van der Waals surface area contributed by atoms with E-state index in [1.165, 1.54) is 0 Å². The van der Waals surface area contributed by atoms with Gasteiger partial charge in [0.2, 0.25) is 0 Å². The molecule has 3 nitrogen and oxygen atoms in total. The molecule has 0 aliphatic carbocycles. The van der Waals surface area contributed by atoms with Crippen molar-refractivity contribution in [2.24, 2.45) is 0 Å². The first-order chi connectivity index (χ1) is 6.70. The zero-order valence-corrected chi connectivity index (χ0v) is 8.77. The Morgan fingerprint density at radius 2 is 2.00 bits per heavy atom. The largest absolute Gasteiger partial charge is 0.478 e. The number of carbonyl (C=O) groups excluding carboxylic acids is 1. The number of ketones is 1. The molecule has 0 aromatic heterocycles. The van der Waals surface area contributed by atoms with Crippen molar-refractivity contribution in [2.45, 2.75) is 0 Å². The molecule has 1 aliphatic heterocycles. The van der Waals surface area contributed by atoms with Crippen LogP contribution in [0.2, 0.25) is 0 Å². The molecule has 0 bridgehead atoms. The molecule has 0 atom stereocenters. The zero-order valence-electron chi connectivity index (χ0n) is 7.36. The molecule has 0 saturated heterocycles. The van der Waals surface area contributed by atoms with Gasteiger partial charge in [0.1, 0.15) is 0 Å². The Labute approximate surface area is 82.9 Å². The number of aliphatic carboxylic acids is 1. The van der Waals surface area contributed by atoms with E-state index in [-0.39, 0.29) is 11.4 Å². The summed E-state index contributed by atoms with van der Waals surface area (Å²) in [6, 6.07) is 7.23. The van der Waals surface area contributed by atoms with Crippen molar-refractivity contribution in [3.63, 3.8) is 0 Å². The normalized spacial score (nSPS) is 16.3. The Kier molecular flexibility index (Phi) is 2.05. The van der Waals surface area contributed by atoms with Crippen LogP contribution in [0.15, 0.2) is 35.5 Å². The van der Waals surface area contributed by atoms with Crippen LogP contribution in [0.1, 0.15) is 10.4 Å². The second-order valence-corrected chi connectivity index (χ2v) is 4.69. The van der Waals surface area contributed by atoms with Gasteiger partial charge in [-0.05, 0) is 0 Å². The number of benzene rings is 1. The van der Waals surface area contributed by atoms with E-state index in [0.717, 1.165) is 5.19 Å². The fourth-order valence-electron chi connectivity index (χ4n) is 1.55. The van der Waals surface area contributed by atoms with Crippen LogP contribution in [0.4, 0.5) is 0 Å². The summed E-state index contributed by atoms with van der Waals surface area (Å²) in [6.07, 6.45) is 0. The molecule has 1 N–H and O–H groups in total. The smallest absolute Gasteiger partial charge is 0.338 e. The number of carbonyl (C=O) groups is 2.